The number of nitrogens with zero attached hydrogens (tertiary/aromatic N) is 1. The summed E-state index contributed by atoms with van der Waals surface area (Å²) in [6, 6.07) is 17.2. The van der Waals surface area contributed by atoms with Gasteiger partial charge >= 0.3 is 0 Å². The molecule has 3 aromatic carbocycles. The fraction of sp³-hybridized carbons (Fsp3) is 0.308. The van der Waals surface area contributed by atoms with E-state index < -0.39 is 37.3 Å². The van der Waals surface area contributed by atoms with E-state index in [0.29, 0.717) is 6.42 Å². The molecule has 5 atom stereocenters. The van der Waals surface area contributed by atoms with Crippen molar-refractivity contribution in [3.8, 4) is 5.75 Å². The van der Waals surface area contributed by atoms with Gasteiger partial charge in [-0.15, -0.1) is 0 Å². The maximum absolute atomic E-state index is 10.7. The molecule has 4 aromatic rings. The maximum Gasteiger partial charge on any atom is 0.163 e. The van der Waals surface area contributed by atoms with Crippen molar-refractivity contribution < 1.29 is 30.3 Å². The Hall–Kier alpha value is -2.94. The van der Waals surface area contributed by atoms with Crippen LogP contribution < -0.4 is 0 Å². The van der Waals surface area contributed by atoms with Crippen molar-refractivity contribution in [2.45, 2.75) is 44.0 Å². The number of hydrogen-bond acceptors (Lipinski definition) is 6. The summed E-state index contributed by atoms with van der Waals surface area (Å²) in [6.07, 6.45) is -3.60. The zero-order chi connectivity index (χ0) is 23.3. The van der Waals surface area contributed by atoms with E-state index >= 15 is 0 Å². The molecule has 172 valence electrons. The second-order valence-electron chi connectivity index (χ2n) is 8.79. The second kappa shape index (κ2) is 8.44. The topological polar surface area (TPSA) is 115 Å². The molecular weight excluding hydrogens is 422 g/mol. The van der Waals surface area contributed by atoms with E-state index in [0.717, 1.165) is 38.4 Å². The fourth-order valence-electron chi connectivity index (χ4n) is 4.86. The van der Waals surface area contributed by atoms with Crippen LogP contribution in [0.4, 0.5) is 0 Å². The predicted molar refractivity (Wildman–Crippen MR) is 124 cm³/mol. The number of aromatic nitrogens is 1. The van der Waals surface area contributed by atoms with Gasteiger partial charge in [-0.25, -0.2) is 0 Å². The van der Waals surface area contributed by atoms with Crippen molar-refractivity contribution in [1.29, 1.82) is 0 Å². The van der Waals surface area contributed by atoms with E-state index in [9.17, 15) is 25.5 Å². The summed E-state index contributed by atoms with van der Waals surface area (Å²) >= 11 is 0. The van der Waals surface area contributed by atoms with Crippen molar-refractivity contribution >= 4 is 21.7 Å². The molecule has 0 saturated carbocycles. The molecule has 1 fully saturated rings. The Balaban J connectivity index is 1.58. The third-order valence-corrected chi connectivity index (χ3v) is 6.57. The molecule has 2 heterocycles. The number of aryl methyl sites for hydroxylation is 1. The summed E-state index contributed by atoms with van der Waals surface area (Å²) in [7, 11) is 0. The van der Waals surface area contributed by atoms with Gasteiger partial charge in [-0.05, 0) is 59.0 Å². The summed E-state index contributed by atoms with van der Waals surface area (Å²) in [5, 5.41) is 53.5. The van der Waals surface area contributed by atoms with Crippen LogP contribution in [0.5, 0.6) is 5.75 Å². The predicted octanol–water partition coefficient (Wildman–Crippen LogP) is 2.37. The molecule has 0 unspecified atom stereocenters. The molecule has 1 saturated heterocycles. The van der Waals surface area contributed by atoms with Crippen molar-refractivity contribution in [3.63, 3.8) is 0 Å². The highest BCUT2D eigenvalue weighted by Gasteiger charge is 2.44. The van der Waals surface area contributed by atoms with Crippen LogP contribution in [-0.2, 0) is 11.2 Å². The Kier molecular flexibility index (Phi) is 5.60. The smallest absolute Gasteiger partial charge is 0.163 e. The Morgan fingerprint density at radius 3 is 2.45 bits per heavy atom. The molecule has 0 bridgehead atoms. The first-order chi connectivity index (χ1) is 15.9. The van der Waals surface area contributed by atoms with Gasteiger partial charge in [0.1, 0.15) is 30.2 Å². The van der Waals surface area contributed by atoms with Gasteiger partial charge in [0.25, 0.3) is 0 Å². The lowest BCUT2D eigenvalue weighted by Crippen LogP contribution is -2.56. The second-order valence-corrected chi connectivity index (χ2v) is 8.79. The zero-order valence-corrected chi connectivity index (χ0v) is 18.2. The Labute approximate surface area is 190 Å². The van der Waals surface area contributed by atoms with Crippen LogP contribution in [0.25, 0.3) is 21.7 Å². The minimum atomic E-state index is -1.44. The number of aliphatic hydroxyl groups excluding tert-OH is 4. The Morgan fingerprint density at radius 2 is 1.67 bits per heavy atom. The average Bonchev–Trinajstić information content (AvgIpc) is 3.17. The summed E-state index contributed by atoms with van der Waals surface area (Å²) in [6.45, 7) is 1.55. The fourth-order valence-corrected chi connectivity index (χ4v) is 4.86. The number of ether oxygens (including phenoxy) is 1. The first-order valence-corrected chi connectivity index (χ1v) is 11.0. The Bertz CT molecular complexity index is 1310. The molecule has 33 heavy (non-hydrogen) atoms. The van der Waals surface area contributed by atoms with Gasteiger partial charge in [0.15, 0.2) is 6.23 Å². The number of benzene rings is 3. The molecule has 0 radical (unpaired) electrons. The van der Waals surface area contributed by atoms with Crippen molar-refractivity contribution in [3.05, 3.63) is 77.5 Å². The number of aromatic hydroxyl groups is 1. The highest BCUT2D eigenvalue weighted by Crippen LogP contribution is 2.35. The van der Waals surface area contributed by atoms with Crippen LogP contribution in [-0.4, -0.2) is 61.1 Å². The van der Waals surface area contributed by atoms with E-state index in [1.807, 2.05) is 49.5 Å². The standard InChI is InChI=1S/C26H27NO6/c1-14-3-2-4-20-22(14)18(10-15-5-6-17-11-19(29)8-7-16(17)9-15)12-27(20)26-25(32)24(31)23(30)21(13-28)33-26/h2-9,11-12,21,23-26,28-32H,10,13H2,1H3/t21-,23-,24+,25-,26-/m1/s1. The molecule has 0 amide bonds. The molecule has 7 nitrogen and oxygen atoms in total. The van der Waals surface area contributed by atoms with Crippen LogP contribution in [0.3, 0.4) is 0 Å². The van der Waals surface area contributed by atoms with Gasteiger partial charge in [-0.3, -0.25) is 0 Å². The molecule has 5 N–H and O–H groups in total. The van der Waals surface area contributed by atoms with Gasteiger partial charge in [-0.1, -0.05) is 36.4 Å². The summed E-state index contributed by atoms with van der Waals surface area (Å²) in [5.41, 5.74) is 4.01. The van der Waals surface area contributed by atoms with Gasteiger partial charge in [-0.2, -0.15) is 0 Å². The van der Waals surface area contributed by atoms with E-state index in [-0.39, 0.29) is 5.75 Å². The van der Waals surface area contributed by atoms with E-state index in [1.165, 1.54) is 0 Å². The van der Waals surface area contributed by atoms with E-state index in [1.54, 1.807) is 16.7 Å². The molecule has 1 aromatic heterocycles. The number of aliphatic hydroxyl groups is 4. The third-order valence-electron chi connectivity index (χ3n) is 6.57. The van der Waals surface area contributed by atoms with Gasteiger partial charge < -0.3 is 34.8 Å². The van der Waals surface area contributed by atoms with Crippen LogP contribution >= 0.6 is 0 Å². The maximum atomic E-state index is 10.7. The van der Waals surface area contributed by atoms with Gasteiger partial charge in [0.05, 0.1) is 12.1 Å². The number of phenolic OH excluding ortho intramolecular Hbond substituents is 1. The van der Waals surface area contributed by atoms with Crippen molar-refractivity contribution in [1.82, 2.24) is 4.57 Å². The normalized spacial score (nSPS) is 25.7. The summed E-state index contributed by atoms with van der Waals surface area (Å²) in [4.78, 5) is 0. The summed E-state index contributed by atoms with van der Waals surface area (Å²) in [5.74, 6) is 0.230. The van der Waals surface area contributed by atoms with Crippen molar-refractivity contribution in [2.24, 2.45) is 0 Å². The monoisotopic (exact) mass is 449 g/mol. The molecule has 5 rings (SSSR count). The van der Waals surface area contributed by atoms with Crippen LogP contribution in [0, 0.1) is 6.92 Å². The molecule has 0 aliphatic carbocycles. The number of fused-ring (bicyclic) bond motifs is 2. The van der Waals surface area contributed by atoms with Crippen LogP contribution in [0.1, 0.15) is 22.9 Å². The van der Waals surface area contributed by atoms with E-state index in [2.05, 4.69) is 6.07 Å². The molecule has 0 spiro atoms. The average molecular weight is 450 g/mol. The highest BCUT2D eigenvalue weighted by atomic mass is 16.6. The molecular formula is C26H27NO6. The lowest BCUT2D eigenvalue weighted by atomic mass is 9.98. The molecule has 1 aliphatic rings. The van der Waals surface area contributed by atoms with Crippen molar-refractivity contribution in [2.75, 3.05) is 6.61 Å². The Morgan fingerprint density at radius 1 is 0.909 bits per heavy atom. The quantitative estimate of drug-likeness (QED) is 0.327. The van der Waals surface area contributed by atoms with Crippen LogP contribution in [0.15, 0.2) is 60.8 Å². The number of phenols is 1. The lowest BCUT2D eigenvalue weighted by Gasteiger charge is -2.40. The number of hydrogen-bond donors (Lipinski definition) is 5. The summed E-state index contributed by atoms with van der Waals surface area (Å²) < 4.78 is 7.60. The first-order valence-electron chi connectivity index (χ1n) is 11.0. The lowest BCUT2D eigenvalue weighted by molar-refractivity contribution is -0.250. The first kappa shape index (κ1) is 21.9. The van der Waals surface area contributed by atoms with Crippen LogP contribution in [0.2, 0.25) is 0 Å². The third kappa shape index (κ3) is 3.78. The minimum Gasteiger partial charge on any atom is -0.508 e. The SMILES string of the molecule is Cc1cccc2c1c(Cc1ccc3cc(O)ccc3c1)cn2[C@@H]1O[C@H](CO)[C@@H](O)[C@H](O)[C@H]1O. The zero-order valence-electron chi connectivity index (χ0n) is 18.2. The molecule has 7 heteroatoms. The highest BCUT2D eigenvalue weighted by molar-refractivity contribution is 5.88. The van der Waals surface area contributed by atoms with Gasteiger partial charge in [0.2, 0.25) is 0 Å². The van der Waals surface area contributed by atoms with Gasteiger partial charge in [0, 0.05) is 11.6 Å². The number of rotatable bonds is 4. The minimum absolute atomic E-state index is 0.230. The largest absolute Gasteiger partial charge is 0.508 e. The molecule has 1 aliphatic heterocycles. The van der Waals surface area contributed by atoms with E-state index in [4.69, 9.17) is 4.74 Å².